The molecular formula is C14H18ClNO. The average molecular weight is 252 g/mol. The number of hydrogen-bond acceptors (Lipinski definition) is 2. The Bertz CT molecular complexity index is 492. The summed E-state index contributed by atoms with van der Waals surface area (Å²) in [7, 11) is 0. The molecule has 0 aliphatic rings. The first-order valence-corrected chi connectivity index (χ1v) is 6.45. The van der Waals surface area contributed by atoms with Gasteiger partial charge < -0.3 is 9.73 Å². The molecule has 0 aliphatic heterocycles. The van der Waals surface area contributed by atoms with Crippen molar-refractivity contribution in [1.82, 2.24) is 5.32 Å². The molecule has 1 aromatic heterocycles. The van der Waals surface area contributed by atoms with Gasteiger partial charge in [-0.05, 0) is 43.3 Å². The van der Waals surface area contributed by atoms with Crippen LogP contribution >= 0.6 is 11.6 Å². The lowest BCUT2D eigenvalue weighted by atomic mass is 10.1. The molecule has 1 heterocycles. The van der Waals surface area contributed by atoms with Crippen LogP contribution < -0.4 is 5.32 Å². The second-order valence-electron chi connectivity index (χ2n) is 4.51. The van der Waals surface area contributed by atoms with Gasteiger partial charge in [0.25, 0.3) is 0 Å². The molecule has 0 saturated carbocycles. The number of hydrogen-bond donors (Lipinski definition) is 1. The molecule has 2 rings (SSSR count). The summed E-state index contributed by atoms with van der Waals surface area (Å²) >= 11 is 5.95. The van der Waals surface area contributed by atoms with Gasteiger partial charge in [0.1, 0.15) is 11.3 Å². The molecule has 0 bridgehead atoms. The fraction of sp³-hybridized carbons (Fsp3) is 0.429. The van der Waals surface area contributed by atoms with Crippen LogP contribution in [0, 0.1) is 5.92 Å². The van der Waals surface area contributed by atoms with E-state index >= 15 is 0 Å². The van der Waals surface area contributed by atoms with Crippen molar-refractivity contribution >= 4 is 22.6 Å². The smallest absolute Gasteiger partial charge is 0.134 e. The first-order valence-electron chi connectivity index (χ1n) is 6.07. The molecule has 1 atom stereocenters. The molecule has 0 amide bonds. The minimum Gasteiger partial charge on any atom is -0.461 e. The Balaban J connectivity index is 2.08. The van der Waals surface area contributed by atoms with Crippen LogP contribution in [0.1, 0.15) is 19.6 Å². The van der Waals surface area contributed by atoms with Crippen molar-refractivity contribution in [2.45, 2.75) is 20.3 Å². The number of halogens is 1. The van der Waals surface area contributed by atoms with Crippen LogP contribution in [0.3, 0.4) is 0 Å². The summed E-state index contributed by atoms with van der Waals surface area (Å²) in [6.07, 6.45) is 0.958. The fourth-order valence-corrected chi connectivity index (χ4v) is 2.16. The minimum atomic E-state index is 0.575. The van der Waals surface area contributed by atoms with Crippen molar-refractivity contribution in [2.24, 2.45) is 5.92 Å². The van der Waals surface area contributed by atoms with Gasteiger partial charge in [-0.15, -0.1) is 0 Å². The van der Waals surface area contributed by atoms with Crippen LogP contribution in [-0.4, -0.2) is 13.1 Å². The summed E-state index contributed by atoms with van der Waals surface area (Å²) in [5.74, 6) is 1.61. The number of rotatable bonds is 5. The van der Waals surface area contributed by atoms with Crippen molar-refractivity contribution in [3.63, 3.8) is 0 Å². The summed E-state index contributed by atoms with van der Waals surface area (Å²) in [6.45, 7) is 6.38. The summed E-state index contributed by atoms with van der Waals surface area (Å²) in [6, 6.07) is 7.82. The summed E-state index contributed by atoms with van der Waals surface area (Å²) < 4.78 is 5.79. The Morgan fingerprint density at radius 3 is 2.94 bits per heavy atom. The summed E-state index contributed by atoms with van der Waals surface area (Å²) in [5, 5.41) is 5.19. The van der Waals surface area contributed by atoms with E-state index in [0.29, 0.717) is 5.92 Å². The van der Waals surface area contributed by atoms with E-state index in [1.54, 1.807) is 0 Å². The fourth-order valence-electron chi connectivity index (χ4n) is 1.98. The van der Waals surface area contributed by atoms with Gasteiger partial charge in [0.15, 0.2) is 0 Å². The van der Waals surface area contributed by atoms with Crippen LogP contribution in [0.25, 0.3) is 11.0 Å². The molecule has 0 spiro atoms. The van der Waals surface area contributed by atoms with Crippen LogP contribution in [0.4, 0.5) is 0 Å². The second kappa shape index (κ2) is 5.56. The van der Waals surface area contributed by atoms with Gasteiger partial charge in [0, 0.05) is 16.8 Å². The monoisotopic (exact) mass is 251 g/mol. The summed E-state index contributed by atoms with van der Waals surface area (Å²) in [5.41, 5.74) is 0.917. The lowest BCUT2D eigenvalue weighted by molar-refractivity contribution is 0.458. The Hall–Kier alpha value is -0.990. The Kier molecular flexibility index (Phi) is 4.08. The minimum absolute atomic E-state index is 0.575. The van der Waals surface area contributed by atoms with Crippen LogP contribution in [0.5, 0.6) is 0 Å². The van der Waals surface area contributed by atoms with E-state index < -0.39 is 0 Å². The zero-order chi connectivity index (χ0) is 12.3. The Morgan fingerprint density at radius 1 is 1.35 bits per heavy atom. The third-order valence-corrected chi connectivity index (χ3v) is 3.06. The quantitative estimate of drug-likeness (QED) is 0.873. The molecule has 3 heteroatoms. The zero-order valence-corrected chi connectivity index (χ0v) is 11.1. The van der Waals surface area contributed by atoms with Crippen LogP contribution in [-0.2, 0) is 6.42 Å². The molecule has 92 valence electrons. The van der Waals surface area contributed by atoms with Crippen molar-refractivity contribution in [3.05, 3.63) is 35.0 Å². The predicted molar refractivity (Wildman–Crippen MR) is 72.6 cm³/mol. The molecular weight excluding hydrogens is 234 g/mol. The molecule has 2 aromatic rings. The second-order valence-corrected chi connectivity index (χ2v) is 4.95. The zero-order valence-electron chi connectivity index (χ0n) is 10.3. The molecule has 17 heavy (non-hydrogen) atoms. The first kappa shape index (κ1) is 12.5. The molecule has 0 saturated heterocycles. The number of benzene rings is 1. The van der Waals surface area contributed by atoms with Crippen LogP contribution in [0.2, 0.25) is 5.02 Å². The van der Waals surface area contributed by atoms with Crippen molar-refractivity contribution in [1.29, 1.82) is 0 Å². The highest BCUT2D eigenvalue weighted by molar-refractivity contribution is 6.31. The van der Waals surface area contributed by atoms with Crippen LogP contribution in [0.15, 0.2) is 28.7 Å². The normalized spacial score (nSPS) is 13.1. The van der Waals surface area contributed by atoms with E-state index in [1.807, 2.05) is 18.2 Å². The van der Waals surface area contributed by atoms with Crippen molar-refractivity contribution in [2.75, 3.05) is 13.1 Å². The molecule has 0 radical (unpaired) electrons. The van der Waals surface area contributed by atoms with Crippen molar-refractivity contribution in [3.8, 4) is 0 Å². The molecule has 1 unspecified atom stereocenters. The SMILES string of the molecule is CCNCC(C)Cc1cc2cc(Cl)ccc2o1. The molecule has 1 aromatic carbocycles. The van der Waals surface area contributed by atoms with E-state index in [4.69, 9.17) is 16.0 Å². The topological polar surface area (TPSA) is 25.2 Å². The van der Waals surface area contributed by atoms with E-state index in [0.717, 1.165) is 41.3 Å². The number of furan rings is 1. The van der Waals surface area contributed by atoms with E-state index in [-0.39, 0.29) is 0 Å². The molecule has 0 fully saturated rings. The number of fused-ring (bicyclic) bond motifs is 1. The van der Waals surface area contributed by atoms with Gasteiger partial charge in [-0.3, -0.25) is 0 Å². The van der Waals surface area contributed by atoms with Gasteiger partial charge in [0.2, 0.25) is 0 Å². The first-order chi connectivity index (χ1) is 8.19. The van der Waals surface area contributed by atoms with Crippen molar-refractivity contribution < 1.29 is 4.42 Å². The molecule has 1 N–H and O–H groups in total. The molecule has 0 aliphatic carbocycles. The van der Waals surface area contributed by atoms with Gasteiger partial charge >= 0.3 is 0 Å². The van der Waals surface area contributed by atoms with Gasteiger partial charge in [-0.1, -0.05) is 25.4 Å². The highest BCUT2D eigenvalue weighted by Gasteiger charge is 2.08. The predicted octanol–water partition coefficient (Wildman–Crippen LogP) is 3.87. The van der Waals surface area contributed by atoms with Gasteiger partial charge in [-0.25, -0.2) is 0 Å². The standard InChI is InChI=1S/C14H18ClNO/c1-3-16-9-10(2)6-13-8-11-7-12(15)4-5-14(11)17-13/h4-5,7-8,10,16H,3,6,9H2,1-2H3. The third-order valence-electron chi connectivity index (χ3n) is 2.82. The average Bonchev–Trinajstić information content (AvgIpc) is 2.67. The third kappa shape index (κ3) is 3.24. The summed E-state index contributed by atoms with van der Waals surface area (Å²) in [4.78, 5) is 0. The largest absolute Gasteiger partial charge is 0.461 e. The highest BCUT2D eigenvalue weighted by Crippen LogP contribution is 2.24. The number of nitrogens with one attached hydrogen (secondary N) is 1. The maximum absolute atomic E-state index is 5.95. The lowest BCUT2D eigenvalue weighted by Crippen LogP contribution is -2.21. The van der Waals surface area contributed by atoms with E-state index in [1.165, 1.54) is 0 Å². The maximum Gasteiger partial charge on any atom is 0.134 e. The Labute approximate surface area is 107 Å². The Morgan fingerprint density at radius 2 is 2.18 bits per heavy atom. The van der Waals surface area contributed by atoms with E-state index in [9.17, 15) is 0 Å². The van der Waals surface area contributed by atoms with Gasteiger partial charge in [0.05, 0.1) is 0 Å². The van der Waals surface area contributed by atoms with E-state index in [2.05, 4.69) is 25.2 Å². The van der Waals surface area contributed by atoms with Gasteiger partial charge in [-0.2, -0.15) is 0 Å². The maximum atomic E-state index is 5.95. The molecule has 2 nitrogen and oxygen atoms in total. The lowest BCUT2D eigenvalue weighted by Gasteiger charge is -2.09. The highest BCUT2D eigenvalue weighted by atomic mass is 35.5.